The number of hydrogen-bond donors (Lipinski definition) is 1. The summed E-state index contributed by atoms with van der Waals surface area (Å²) in [6.07, 6.45) is 4.38. The number of anilines is 1. The molecular weight excluding hydrogens is 576 g/mol. The molecule has 2 aliphatic rings. The number of aryl methyl sites for hydroxylation is 1. The Morgan fingerprint density at radius 2 is 2.00 bits per heavy atom. The first-order valence-corrected chi connectivity index (χ1v) is 14.1. The van der Waals surface area contributed by atoms with Crippen molar-refractivity contribution in [1.29, 1.82) is 0 Å². The quantitative estimate of drug-likeness (QED) is 0.284. The second kappa shape index (κ2) is 11.9. The maximum absolute atomic E-state index is 11.2. The van der Waals surface area contributed by atoms with Crippen LogP contribution >= 0.6 is 27.7 Å². The third-order valence-electron chi connectivity index (χ3n) is 6.70. The van der Waals surface area contributed by atoms with Gasteiger partial charge in [-0.15, -0.1) is 0 Å². The zero-order valence-corrected chi connectivity index (χ0v) is 23.4. The van der Waals surface area contributed by atoms with E-state index in [-0.39, 0.29) is 0 Å². The summed E-state index contributed by atoms with van der Waals surface area (Å²) in [5.41, 5.74) is 7.44. The van der Waals surface area contributed by atoms with Gasteiger partial charge in [-0.1, -0.05) is 11.8 Å². The maximum atomic E-state index is 11.2. The van der Waals surface area contributed by atoms with Gasteiger partial charge in [-0.2, -0.15) is 0 Å². The number of carbonyl (C=O) groups excluding carboxylic acids is 2. The summed E-state index contributed by atoms with van der Waals surface area (Å²) in [4.78, 5) is 39.0. The van der Waals surface area contributed by atoms with E-state index in [2.05, 4.69) is 35.4 Å². The molecule has 38 heavy (non-hydrogen) atoms. The number of piperidine rings is 1. The summed E-state index contributed by atoms with van der Waals surface area (Å²) in [5, 5.41) is 0.775. The van der Waals surface area contributed by atoms with Crippen LogP contribution in [-0.4, -0.2) is 75.6 Å². The van der Waals surface area contributed by atoms with Gasteiger partial charge >= 0.3 is 5.97 Å². The Morgan fingerprint density at radius 3 is 2.71 bits per heavy atom. The lowest BCUT2D eigenvalue weighted by molar-refractivity contribution is -0.150. The molecule has 2 N–H and O–H groups in total. The number of esters is 1. The van der Waals surface area contributed by atoms with Gasteiger partial charge in [0.2, 0.25) is 0 Å². The van der Waals surface area contributed by atoms with Gasteiger partial charge < -0.3 is 24.5 Å². The molecule has 11 nitrogen and oxygen atoms in total. The molecule has 3 aromatic rings. The van der Waals surface area contributed by atoms with Gasteiger partial charge in [0.05, 0.1) is 0 Å². The van der Waals surface area contributed by atoms with Crippen molar-refractivity contribution in [2.75, 3.05) is 38.6 Å². The van der Waals surface area contributed by atoms with E-state index >= 15 is 0 Å². The number of hydrogen-bond acceptors (Lipinski definition) is 11. The number of benzene rings is 1. The molecule has 0 radical (unpaired) electrons. The fourth-order valence-corrected chi connectivity index (χ4v) is 6.29. The van der Waals surface area contributed by atoms with E-state index in [1.165, 1.54) is 25.0 Å². The van der Waals surface area contributed by atoms with Crippen LogP contribution in [0.4, 0.5) is 5.82 Å². The zero-order chi connectivity index (χ0) is 26.6. The van der Waals surface area contributed by atoms with Crippen LogP contribution < -0.4 is 15.2 Å². The fourth-order valence-electron chi connectivity index (χ4n) is 4.78. The highest BCUT2D eigenvalue weighted by Crippen LogP contribution is 2.42. The van der Waals surface area contributed by atoms with Crippen LogP contribution in [0.5, 0.6) is 11.5 Å². The Bertz CT molecular complexity index is 1330. The fraction of sp³-hybridized carbons (Fsp3) is 0.480. The molecule has 2 aliphatic heterocycles. The van der Waals surface area contributed by atoms with Gasteiger partial charge in [0.1, 0.15) is 19.5 Å². The van der Waals surface area contributed by atoms with E-state index in [1.54, 1.807) is 0 Å². The lowest BCUT2D eigenvalue weighted by atomic mass is 9.93. The van der Waals surface area contributed by atoms with E-state index in [0.29, 0.717) is 54.7 Å². The molecule has 13 heteroatoms. The van der Waals surface area contributed by atoms with Crippen molar-refractivity contribution in [3.63, 3.8) is 0 Å². The van der Waals surface area contributed by atoms with Crippen molar-refractivity contribution in [2.24, 2.45) is 5.92 Å². The number of likely N-dealkylation sites (tertiary alicyclic amines) is 1. The van der Waals surface area contributed by atoms with Gasteiger partial charge in [0, 0.05) is 29.4 Å². The van der Waals surface area contributed by atoms with Gasteiger partial charge in [-0.3, -0.25) is 14.5 Å². The van der Waals surface area contributed by atoms with Crippen molar-refractivity contribution in [3.05, 3.63) is 22.9 Å². The molecule has 0 aliphatic carbocycles. The average Bonchev–Trinajstić information content (AvgIpc) is 3.26. The van der Waals surface area contributed by atoms with Crippen LogP contribution in [0.15, 0.2) is 33.0 Å². The molecule has 0 amide bonds. The summed E-state index contributed by atoms with van der Waals surface area (Å²) in [6, 6.07) is 3.88. The standard InChI is InChI=1S/C25H29BrN6O5S/c1-15(34)37-17(13-33)12-31-5-2-16(3-6-31)4-7-32-24-22(23(27)28-14-29-24)30-25(32)38-21-11-20-19(10-18(21)26)35-8-9-36-20/h10-11,13-14,16-17H,2-9,12H2,1H3,(H2,27,28,29). The Hall–Kier alpha value is -2.90. The Labute approximate surface area is 232 Å². The Kier molecular flexibility index (Phi) is 8.34. The van der Waals surface area contributed by atoms with Crippen molar-refractivity contribution in [1.82, 2.24) is 24.4 Å². The van der Waals surface area contributed by atoms with Crippen molar-refractivity contribution in [2.45, 2.75) is 48.9 Å². The smallest absolute Gasteiger partial charge is 0.303 e. The van der Waals surface area contributed by atoms with Crippen LogP contribution in [0.2, 0.25) is 0 Å². The van der Waals surface area contributed by atoms with Gasteiger partial charge in [0.25, 0.3) is 0 Å². The molecule has 0 bridgehead atoms. The van der Waals surface area contributed by atoms with Crippen LogP contribution in [0, 0.1) is 5.92 Å². The first kappa shape index (κ1) is 26.7. The van der Waals surface area contributed by atoms with E-state index < -0.39 is 12.1 Å². The normalized spacial score (nSPS) is 16.9. The molecule has 202 valence electrons. The number of carbonyl (C=O) groups is 2. The number of aldehydes is 1. The van der Waals surface area contributed by atoms with Crippen molar-refractivity contribution in [3.8, 4) is 11.5 Å². The second-order valence-corrected chi connectivity index (χ2v) is 11.2. The van der Waals surface area contributed by atoms with E-state index in [9.17, 15) is 9.59 Å². The first-order chi connectivity index (χ1) is 18.4. The topological polar surface area (TPSA) is 135 Å². The highest BCUT2D eigenvalue weighted by molar-refractivity contribution is 9.10. The van der Waals surface area contributed by atoms with E-state index in [1.807, 2.05) is 12.1 Å². The molecule has 1 saturated heterocycles. The molecule has 0 saturated carbocycles. The number of halogens is 1. The van der Waals surface area contributed by atoms with Crippen LogP contribution in [0.3, 0.4) is 0 Å². The Morgan fingerprint density at radius 1 is 1.26 bits per heavy atom. The number of imidazole rings is 1. The predicted octanol–water partition coefficient (Wildman–Crippen LogP) is 3.33. The summed E-state index contributed by atoms with van der Waals surface area (Å²) in [6.45, 7) is 5.23. The molecule has 1 unspecified atom stereocenters. The maximum Gasteiger partial charge on any atom is 0.303 e. The number of nitrogens with two attached hydrogens (primary N) is 1. The highest BCUT2D eigenvalue weighted by Gasteiger charge is 2.25. The van der Waals surface area contributed by atoms with Crippen LogP contribution in [-0.2, 0) is 20.9 Å². The first-order valence-electron chi connectivity index (χ1n) is 12.5. The largest absolute Gasteiger partial charge is 0.486 e. The molecule has 4 heterocycles. The number of fused-ring (bicyclic) bond motifs is 2. The average molecular weight is 606 g/mol. The van der Waals surface area contributed by atoms with Crippen molar-refractivity contribution >= 4 is 56.9 Å². The van der Waals surface area contributed by atoms with Gasteiger partial charge in [-0.25, -0.2) is 15.0 Å². The summed E-state index contributed by atoms with van der Waals surface area (Å²) in [5.74, 6) is 1.84. The molecule has 0 spiro atoms. The zero-order valence-electron chi connectivity index (χ0n) is 21.0. The third-order valence-corrected chi connectivity index (χ3v) is 8.67. The number of rotatable bonds is 9. The number of aromatic nitrogens is 4. The number of nitrogens with zero attached hydrogens (tertiary/aromatic N) is 5. The SMILES string of the molecule is CC(=O)OC(C=O)CN1CCC(CCn2c(Sc3cc4c(cc3Br)OCCO4)nc3c(N)ncnc32)CC1. The van der Waals surface area contributed by atoms with E-state index in [0.717, 1.165) is 59.2 Å². The summed E-state index contributed by atoms with van der Waals surface area (Å²) in [7, 11) is 0. The van der Waals surface area contributed by atoms with Crippen LogP contribution in [0.1, 0.15) is 26.2 Å². The number of ether oxygens (including phenoxy) is 3. The van der Waals surface area contributed by atoms with Gasteiger partial charge in [-0.05, 0) is 66.3 Å². The minimum Gasteiger partial charge on any atom is -0.486 e. The van der Waals surface area contributed by atoms with Crippen LogP contribution in [0.25, 0.3) is 11.2 Å². The minimum absolute atomic E-state index is 0.350. The lowest BCUT2D eigenvalue weighted by Crippen LogP contribution is -2.40. The molecule has 1 fully saturated rings. The third kappa shape index (κ3) is 6.05. The molecular formula is C25H29BrN6O5S. The summed E-state index contributed by atoms with van der Waals surface area (Å²) >= 11 is 5.17. The highest BCUT2D eigenvalue weighted by atomic mass is 79.9. The molecule has 1 atom stereocenters. The number of nitrogen functional groups attached to an aromatic ring is 1. The summed E-state index contributed by atoms with van der Waals surface area (Å²) < 4.78 is 19.5. The van der Waals surface area contributed by atoms with E-state index in [4.69, 9.17) is 24.9 Å². The predicted molar refractivity (Wildman–Crippen MR) is 144 cm³/mol. The molecule has 1 aromatic carbocycles. The molecule has 5 rings (SSSR count). The second-order valence-electron chi connectivity index (χ2n) is 9.32. The molecule has 2 aromatic heterocycles. The van der Waals surface area contributed by atoms with Crippen molar-refractivity contribution < 1.29 is 23.8 Å². The van der Waals surface area contributed by atoms with Gasteiger partial charge in [0.15, 0.2) is 46.0 Å². The lowest BCUT2D eigenvalue weighted by Gasteiger charge is -2.33. The minimum atomic E-state index is -0.717. The monoisotopic (exact) mass is 604 g/mol. The Balaban J connectivity index is 1.29.